The summed E-state index contributed by atoms with van der Waals surface area (Å²) in [5.74, 6) is 0. The fourth-order valence-electron chi connectivity index (χ4n) is 4.03. The number of amides is 2. The molecule has 26 heavy (non-hydrogen) atoms. The third kappa shape index (κ3) is 5.35. The summed E-state index contributed by atoms with van der Waals surface area (Å²) in [5, 5.41) is 3.95. The maximum atomic E-state index is 12.5. The normalized spacial score (nSPS) is 22.4. The Balaban J connectivity index is 1.40. The van der Waals surface area contributed by atoms with Gasteiger partial charge in [-0.3, -0.25) is 9.80 Å². The Morgan fingerprint density at radius 3 is 2.73 bits per heavy atom. The second kappa shape index (κ2) is 9.58. The molecule has 0 aromatic heterocycles. The van der Waals surface area contributed by atoms with Gasteiger partial charge in [0.15, 0.2) is 0 Å². The molecule has 2 aliphatic heterocycles. The van der Waals surface area contributed by atoms with Gasteiger partial charge >= 0.3 is 6.03 Å². The minimum Gasteiger partial charge on any atom is -0.336 e. The number of nitrogens with one attached hydrogen (secondary N) is 1. The second-order valence-electron chi connectivity index (χ2n) is 7.36. The van der Waals surface area contributed by atoms with Crippen LogP contribution in [-0.2, 0) is 6.54 Å². The van der Waals surface area contributed by atoms with E-state index in [1.807, 2.05) is 23.1 Å². The lowest BCUT2D eigenvalue weighted by molar-refractivity contribution is 0.126. The lowest BCUT2D eigenvalue weighted by Gasteiger charge is -2.37. The average Bonchev–Trinajstić information content (AvgIpc) is 2.67. The third-order valence-electron chi connectivity index (χ3n) is 5.60. The zero-order valence-corrected chi connectivity index (χ0v) is 16.5. The van der Waals surface area contributed by atoms with Gasteiger partial charge in [0, 0.05) is 50.3 Å². The van der Waals surface area contributed by atoms with Crippen LogP contribution in [0.2, 0.25) is 5.02 Å². The van der Waals surface area contributed by atoms with Crippen LogP contribution in [0.1, 0.15) is 31.7 Å². The first-order chi connectivity index (χ1) is 12.7. The number of carbonyl (C=O) groups excluding carboxylic acids is 1. The number of hydrogen-bond donors (Lipinski definition) is 1. The monoisotopic (exact) mass is 378 g/mol. The fraction of sp³-hybridized carbons (Fsp3) is 0.650. The number of urea groups is 1. The second-order valence-corrected chi connectivity index (χ2v) is 7.79. The van der Waals surface area contributed by atoms with Crippen molar-refractivity contribution in [2.24, 2.45) is 0 Å². The topological polar surface area (TPSA) is 38.8 Å². The highest BCUT2D eigenvalue weighted by Crippen LogP contribution is 2.16. The van der Waals surface area contributed by atoms with E-state index in [-0.39, 0.29) is 6.03 Å². The van der Waals surface area contributed by atoms with Gasteiger partial charge in [0.25, 0.3) is 0 Å². The Hall–Kier alpha value is -1.30. The van der Waals surface area contributed by atoms with Gasteiger partial charge in [0.1, 0.15) is 0 Å². The number of benzene rings is 1. The van der Waals surface area contributed by atoms with E-state index in [4.69, 9.17) is 11.6 Å². The number of carbonyl (C=O) groups is 1. The van der Waals surface area contributed by atoms with Gasteiger partial charge in [-0.05, 0) is 43.6 Å². The zero-order valence-electron chi connectivity index (χ0n) is 15.8. The third-order valence-corrected chi connectivity index (χ3v) is 5.83. The van der Waals surface area contributed by atoms with E-state index in [1.54, 1.807) is 0 Å². The van der Waals surface area contributed by atoms with Gasteiger partial charge in [-0.25, -0.2) is 4.79 Å². The van der Waals surface area contributed by atoms with E-state index >= 15 is 0 Å². The van der Waals surface area contributed by atoms with Crippen LogP contribution in [0, 0.1) is 0 Å². The van der Waals surface area contributed by atoms with Crippen molar-refractivity contribution in [2.75, 3.05) is 45.8 Å². The van der Waals surface area contributed by atoms with E-state index in [2.05, 4.69) is 28.1 Å². The van der Waals surface area contributed by atoms with E-state index in [1.165, 1.54) is 31.4 Å². The van der Waals surface area contributed by atoms with Crippen molar-refractivity contribution < 1.29 is 4.79 Å². The molecule has 0 bridgehead atoms. The van der Waals surface area contributed by atoms with Gasteiger partial charge in [-0.2, -0.15) is 0 Å². The number of hydrogen-bond acceptors (Lipinski definition) is 3. The largest absolute Gasteiger partial charge is 0.336 e. The molecular weight excluding hydrogens is 348 g/mol. The molecule has 0 saturated carbocycles. The number of rotatable bonds is 5. The first kappa shape index (κ1) is 19.5. The molecule has 6 heteroatoms. The predicted octanol–water partition coefficient (Wildman–Crippen LogP) is 3.04. The molecule has 2 saturated heterocycles. The smallest absolute Gasteiger partial charge is 0.317 e. The summed E-state index contributed by atoms with van der Waals surface area (Å²) >= 11 is 6.06. The van der Waals surface area contributed by atoms with E-state index in [0.717, 1.165) is 50.8 Å². The molecule has 1 atom stereocenters. The van der Waals surface area contributed by atoms with Crippen LogP contribution in [0.5, 0.6) is 0 Å². The Kier molecular flexibility index (Phi) is 7.17. The standard InChI is InChI=1S/C20H31ClN4O/c1-2-24-9-4-3-8-19(24)15-22-20(26)25-12-10-23(11-13-25)16-17-6-5-7-18(21)14-17/h5-7,14,19H,2-4,8-13,15-16H2,1H3,(H,22,26). The number of piperidine rings is 1. The van der Waals surface area contributed by atoms with Crippen molar-refractivity contribution in [3.63, 3.8) is 0 Å². The Bertz CT molecular complexity index is 589. The van der Waals surface area contributed by atoms with Gasteiger partial charge in [0.05, 0.1) is 0 Å². The highest BCUT2D eigenvalue weighted by atomic mass is 35.5. The Labute approximate surface area is 162 Å². The molecule has 0 spiro atoms. The molecule has 2 heterocycles. The maximum absolute atomic E-state index is 12.5. The van der Waals surface area contributed by atoms with E-state index in [0.29, 0.717) is 6.04 Å². The summed E-state index contributed by atoms with van der Waals surface area (Å²) in [6.45, 7) is 9.50. The van der Waals surface area contributed by atoms with E-state index < -0.39 is 0 Å². The molecule has 0 radical (unpaired) electrons. The van der Waals surface area contributed by atoms with Crippen molar-refractivity contribution in [3.8, 4) is 0 Å². The molecule has 0 aliphatic carbocycles. The van der Waals surface area contributed by atoms with Crippen LogP contribution in [0.4, 0.5) is 4.79 Å². The molecule has 144 valence electrons. The SMILES string of the molecule is CCN1CCCCC1CNC(=O)N1CCN(Cc2cccc(Cl)c2)CC1. The van der Waals surface area contributed by atoms with Crippen molar-refractivity contribution >= 4 is 17.6 Å². The van der Waals surface area contributed by atoms with Gasteiger partial charge < -0.3 is 10.2 Å². The summed E-state index contributed by atoms with van der Waals surface area (Å²) in [6, 6.07) is 8.61. The molecule has 1 N–H and O–H groups in total. The summed E-state index contributed by atoms with van der Waals surface area (Å²) < 4.78 is 0. The minimum atomic E-state index is 0.0917. The van der Waals surface area contributed by atoms with Crippen molar-refractivity contribution in [2.45, 2.75) is 38.8 Å². The highest BCUT2D eigenvalue weighted by Gasteiger charge is 2.24. The van der Waals surface area contributed by atoms with Gasteiger partial charge in [-0.15, -0.1) is 0 Å². The number of likely N-dealkylation sites (tertiary alicyclic amines) is 1. The van der Waals surface area contributed by atoms with Crippen LogP contribution < -0.4 is 5.32 Å². The fourth-order valence-corrected chi connectivity index (χ4v) is 4.24. The van der Waals surface area contributed by atoms with Crippen molar-refractivity contribution in [1.29, 1.82) is 0 Å². The Morgan fingerprint density at radius 1 is 1.19 bits per heavy atom. The molecule has 1 unspecified atom stereocenters. The van der Waals surface area contributed by atoms with Crippen LogP contribution in [0.25, 0.3) is 0 Å². The molecule has 3 rings (SSSR count). The maximum Gasteiger partial charge on any atom is 0.317 e. The number of halogens is 1. The summed E-state index contributed by atoms with van der Waals surface area (Å²) in [6.07, 6.45) is 3.76. The minimum absolute atomic E-state index is 0.0917. The molecular formula is C20H31ClN4O. The molecule has 1 aromatic rings. The summed E-state index contributed by atoms with van der Waals surface area (Å²) in [4.78, 5) is 19.3. The lowest BCUT2D eigenvalue weighted by Crippen LogP contribution is -2.54. The predicted molar refractivity (Wildman–Crippen MR) is 107 cm³/mol. The summed E-state index contributed by atoms with van der Waals surface area (Å²) in [7, 11) is 0. The average molecular weight is 379 g/mol. The van der Waals surface area contributed by atoms with Gasteiger partial charge in [-0.1, -0.05) is 37.1 Å². The number of piperazine rings is 1. The molecule has 2 amide bonds. The quantitative estimate of drug-likeness (QED) is 0.855. The molecule has 1 aromatic carbocycles. The zero-order chi connectivity index (χ0) is 18.4. The number of nitrogens with zero attached hydrogens (tertiary/aromatic N) is 3. The van der Waals surface area contributed by atoms with Crippen LogP contribution >= 0.6 is 11.6 Å². The highest BCUT2D eigenvalue weighted by molar-refractivity contribution is 6.30. The van der Waals surface area contributed by atoms with Crippen LogP contribution in [0.3, 0.4) is 0 Å². The molecule has 5 nitrogen and oxygen atoms in total. The first-order valence-corrected chi connectivity index (χ1v) is 10.3. The Morgan fingerprint density at radius 2 is 2.00 bits per heavy atom. The summed E-state index contributed by atoms with van der Waals surface area (Å²) in [5.41, 5.74) is 1.23. The molecule has 2 fully saturated rings. The van der Waals surface area contributed by atoms with Crippen LogP contribution in [0.15, 0.2) is 24.3 Å². The molecule has 2 aliphatic rings. The van der Waals surface area contributed by atoms with Crippen LogP contribution in [-0.4, -0.2) is 72.6 Å². The van der Waals surface area contributed by atoms with Crippen molar-refractivity contribution in [3.05, 3.63) is 34.9 Å². The lowest BCUT2D eigenvalue weighted by atomic mass is 10.0. The first-order valence-electron chi connectivity index (χ1n) is 9.89. The van der Waals surface area contributed by atoms with Crippen molar-refractivity contribution in [1.82, 2.24) is 20.0 Å². The van der Waals surface area contributed by atoms with Gasteiger partial charge in [0.2, 0.25) is 0 Å². The number of likely N-dealkylation sites (N-methyl/N-ethyl adjacent to an activating group) is 1. The van der Waals surface area contributed by atoms with E-state index in [9.17, 15) is 4.79 Å².